The van der Waals surface area contributed by atoms with Crippen LogP contribution in [-0.4, -0.2) is 17.3 Å². The van der Waals surface area contributed by atoms with Crippen LogP contribution < -0.4 is 0 Å². The first-order chi connectivity index (χ1) is 7.25. The van der Waals surface area contributed by atoms with Gasteiger partial charge in [-0.3, -0.25) is 0 Å². The van der Waals surface area contributed by atoms with Crippen molar-refractivity contribution in [3.05, 3.63) is 27.7 Å². The molecule has 2 nitrogen and oxygen atoms in total. The molecule has 15 heavy (non-hydrogen) atoms. The highest BCUT2D eigenvalue weighted by atomic mass is 35.5. The maximum absolute atomic E-state index is 6.14. The molecule has 0 amide bonds. The maximum Gasteiger partial charge on any atom is 0.105 e. The lowest BCUT2D eigenvalue weighted by atomic mass is 10.1. The summed E-state index contributed by atoms with van der Waals surface area (Å²) >= 11 is 12.1. The van der Waals surface area contributed by atoms with Crippen molar-refractivity contribution in [3.8, 4) is 0 Å². The molecule has 4 heteroatoms. The van der Waals surface area contributed by atoms with E-state index in [1.807, 2.05) is 12.1 Å². The molecular formula is C11H10Cl2N2. The second kappa shape index (κ2) is 3.39. The number of aliphatic imine (C=N–C) groups is 1. The summed E-state index contributed by atoms with van der Waals surface area (Å²) in [5.74, 6) is 1.16. The summed E-state index contributed by atoms with van der Waals surface area (Å²) in [4.78, 5) is 6.91. The predicted octanol–water partition coefficient (Wildman–Crippen LogP) is 3.63. The van der Waals surface area contributed by atoms with Crippen molar-refractivity contribution >= 4 is 34.7 Å². The Bertz CT molecular complexity index is 454. The van der Waals surface area contributed by atoms with Gasteiger partial charge in [-0.2, -0.15) is 0 Å². The Labute approximate surface area is 98.5 Å². The van der Waals surface area contributed by atoms with Gasteiger partial charge in [0.15, 0.2) is 0 Å². The molecule has 1 aromatic rings. The summed E-state index contributed by atoms with van der Waals surface area (Å²) in [7, 11) is 0. The fourth-order valence-electron chi connectivity index (χ4n) is 2.18. The topological polar surface area (TPSA) is 15.6 Å². The van der Waals surface area contributed by atoms with Gasteiger partial charge >= 0.3 is 0 Å². The van der Waals surface area contributed by atoms with Gasteiger partial charge in [0, 0.05) is 19.5 Å². The van der Waals surface area contributed by atoms with Crippen LogP contribution in [0.1, 0.15) is 18.4 Å². The minimum atomic E-state index is 0.589. The van der Waals surface area contributed by atoms with Gasteiger partial charge < -0.3 is 4.90 Å². The third kappa shape index (κ3) is 1.44. The summed E-state index contributed by atoms with van der Waals surface area (Å²) in [6, 6.07) is 3.86. The van der Waals surface area contributed by atoms with E-state index in [9.17, 15) is 0 Å². The number of halogens is 2. The number of benzene rings is 1. The molecule has 78 valence electrons. The standard InChI is InChI=1S/C11H10Cl2N2/c12-8-4-3-7-6-15-5-1-2-9(15)14-11(7)10(8)13/h3-4H,1-2,5-6H2. The second-order valence-corrected chi connectivity index (χ2v) is 4.71. The quantitative estimate of drug-likeness (QED) is 0.677. The number of rotatable bonds is 0. The van der Waals surface area contributed by atoms with Crippen molar-refractivity contribution in [1.82, 2.24) is 4.90 Å². The van der Waals surface area contributed by atoms with Gasteiger partial charge in [-0.1, -0.05) is 29.3 Å². The predicted molar refractivity (Wildman–Crippen MR) is 63.2 cm³/mol. The molecule has 0 unspecified atom stereocenters. The van der Waals surface area contributed by atoms with Gasteiger partial charge in [-0.15, -0.1) is 0 Å². The van der Waals surface area contributed by atoms with Crippen LogP contribution >= 0.6 is 23.2 Å². The number of amidine groups is 1. The van der Waals surface area contributed by atoms with Gasteiger partial charge in [0.25, 0.3) is 0 Å². The average Bonchev–Trinajstić information content (AvgIpc) is 2.68. The molecular weight excluding hydrogens is 231 g/mol. The van der Waals surface area contributed by atoms with Crippen molar-refractivity contribution in [2.45, 2.75) is 19.4 Å². The third-order valence-electron chi connectivity index (χ3n) is 2.95. The first-order valence-corrected chi connectivity index (χ1v) is 5.80. The lowest BCUT2D eigenvalue weighted by Gasteiger charge is -2.25. The van der Waals surface area contributed by atoms with E-state index in [1.165, 1.54) is 12.0 Å². The van der Waals surface area contributed by atoms with E-state index >= 15 is 0 Å². The molecule has 0 spiro atoms. The molecule has 0 aliphatic carbocycles. The van der Waals surface area contributed by atoms with Crippen LogP contribution in [0.5, 0.6) is 0 Å². The van der Waals surface area contributed by atoms with Crippen molar-refractivity contribution in [3.63, 3.8) is 0 Å². The van der Waals surface area contributed by atoms with Gasteiger partial charge in [0.05, 0.1) is 15.7 Å². The van der Waals surface area contributed by atoms with Gasteiger partial charge in [-0.05, 0) is 18.1 Å². The highest BCUT2D eigenvalue weighted by Gasteiger charge is 2.25. The zero-order valence-corrected chi connectivity index (χ0v) is 9.65. The van der Waals surface area contributed by atoms with E-state index in [1.54, 1.807) is 0 Å². The lowest BCUT2D eigenvalue weighted by molar-refractivity contribution is 0.443. The zero-order chi connectivity index (χ0) is 10.4. The molecule has 0 atom stereocenters. The van der Waals surface area contributed by atoms with E-state index < -0.39 is 0 Å². The third-order valence-corrected chi connectivity index (χ3v) is 3.74. The summed E-state index contributed by atoms with van der Waals surface area (Å²) < 4.78 is 0. The highest BCUT2D eigenvalue weighted by Crippen LogP contribution is 2.39. The largest absolute Gasteiger partial charge is 0.356 e. The molecule has 2 heterocycles. The lowest BCUT2D eigenvalue weighted by Crippen LogP contribution is -2.26. The average molecular weight is 241 g/mol. The van der Waals surface area contributed by atoms with Gasteiger partial charge in [0.2, 0.25) is 0 Å². The molecule has 0 saturated carbocycles. The zero-order valence-electron chi connectivity index (χ0n) is 8.13. The Morgan fingerprint density at radius 2 is 2.13 bits per heavy atom. The van der Waals surface area contributed by atoms with E-state index in [2.05, 4.69) is 9.89 Å². The molecule has 1 saturated heterocycles. The highest BCUT2D eigenvalue weighted by molar-refractivity contribution is 6.43. The van der Waals surface area contributed by atoms with E-state index in [0.29, 0.717) is 10.0 Å². The molecule has 2 aliphatic heterocycles. The van der Waals surface area contributed by atoms with E-state index in [4.69, 9.17) is 23.2 Å². The normalized spacial score (nSPS) is 18.5. The molecule has 0 aromatic heterocycles. The molecule has 1 fully saturated rings. The number of nitrogens with zero attached hydrogens (tertiary/aromatic N) is 2. The molecule has 1 aromatic carbocycles. The summed E-state index contributed by atoms with van der Waals surface area (Å²) in [6.45, 7) is 2.03. The summed E-state index contributed by atoms with van der Waals surface area (Å²) in [6.07, 6.45) is 2.25. The first kappa shape index (κ1) is 9.49. The number of hydrogen-bond acceptors (Lipinski definition) is 2. The van der Waals surface area contributed by atoms with Crippen molar-refractivity contribution in [2.75, 3.05) is 6.54 Å². The van der Waals surface area contributed by atoms with E-state index in [0.717, 1.165) is 31.0 Å². The molecule has 0 radical (unpaired) electrons. The van der Waals surface area contributed by atoms with Crippen LogP contribution in [-0.2, 0) is 6.54 Å². The molecule has 0 bridgehead atoms. The second-order valence-electron chi connectivity index (χ2n) is 3.92. The van der Waals surface area contributed by atoms with Crippen LogP contribution in [0.2, 0.25) is 10.0 Å². The van der Waals surface area contributed by atoms with Crippen molar-refractivity contribution < 1.29 is 0 Å². The van der Waals surface area contributed by atoms with Crippen molar-refractivity contribution in [1.29, 1.82) is 0 Å². The fraction of sp³-hybridized carbons (Fsp3) is 0.364. The van der Waals surface area contributed by atoms with Gasteiger partial charge in [0.1, 0.15) is 5.84 Å². The Morgan fingerprint density at radius 3 is 3.00 bits per heavy atom. The van der Waals surface area contributed by atoms with E-state index in [-0.39, 0.29) is 0 Å². The first-order valence-electron chi connectivity index (χ1n) is 5.05. The molecule has 3 rings (SSSR count). The van der Waals surface area contributed by atoms with Crippen LogP contribution in [0.25, 0.3) is 0 Å². The minimum Gasteiger partial charge on any atom is -0.356 e. The van der Waals surface area contributed by atoms with Crippen LogP contribution in [0.4, 0.5) is 5.69 Å². The van der Waals surface area contributed by atoms with Crippen LogP contribution in [0.3, 0.4) is 0 Å². The fourth-order valence-corrected chi connectivity index (χ4v) is 2.55. The van der Waals surface area contributed by atoms with Crippen molar-refractivity contribution in [2.24, 2.45) is 4.99 Å². The Morgan fingerprint density at radius 1 is 1.27 bits per heavy atom. The van der Waals surface area contributed by atoms with Crippen LogP contribution in [0.15, 0.2) is 17.1 Å². The van der Waals surface area contributed by atoms with Gasteiger partial charge in [-0.25, -0.2) is 4.99 Å². The van der Waals surface area contributed by atoms with Crippen LogP contribution in [0, 0.1) is 0 Å². The Balaban J connectivity index is 2.16. The number of hydrogen-bond donors (Lipinski definition) is 0. The minimum absolute atomic E-state index is 0.589. The molecule has 0 N–H and O–H groups in total. The molecule has 2 aliphatic rings. The Hall–Kier alpha value is -0.730. The number of fused-ring (bicyclic) bond motifs is 2. The maximum atomic E-state index is 6.14. The summed E-state index contributed by atoms with van der Waals surface area (Å²) in [5.41, 5.74) is 2.05. The monoisotopic (exact) mass is 240 g/mol. The summed E-state index contributed by atoms with van der Waals surface area (Å²) in [5, 5.41) is 1.18. The Kier molecular flexibility index (Phi) is 2.15. The smallest absolute Gasteiger partial charge is 0.105 e. The SMILES string of the molecule is Clc1ccc2c(c1Cl)N=C1CCCN1C2.